The van der Waals surface area contributed by atoms with Gasteiger partial charge in [0.1, 0.15) is 18.2 Å². The Morgan fingerprint density at radius 2 is 1.59 bits per heavy atom. The largest absolute Gasteiger partial charge is 0.425 e. The first-order valence-electron chi connectivity index (χ1n) is 8.74. The number of rotatable bonds is 5. The molecule has 0 spiro atoms. The number of para-hydroxylation sites is 1. The number of hydrogen-bond donors (Lipinski definition) is 1. The second-order valence-electron chi connectivity index (χ2n) is 6.04. The lowest BCUT2D eigenvalue weighted by molar-refractivity contribution is 0.439. The highest BCUT2D eigenvalue weighted by atomic mass is 35.5. The molecule has 0 fully saturated rings. The van der Waals surface area contributed by atoms with Crippen molar-refractivity contribution >= 4 is 50.6 Å². The highest BCUT2D eigenvalue weighted by Gasteiger charge is 2.25. The first kappa shape index (κ1) is 21.9. The molecule has 4 rings (SSSR count). The van der Waals surface area contributed by atoms with Gasteiger partial charge < -0.3 is 9.47 Å². The van der Waals surface area contributed by atoms with Crippen molar-refractivity contribution in [1.29, 1.82) is 0 Å². The summed E-state index contributed by atoms with van der Waals surface area (Å²) in [7, 11) is -4.34. The van der Waals surface area contributed by atoms with Crippen LogP contribution in [-0.4, -0.2) is 45.9 Å². The molecular weight excluding hydrogens is 483 g/mol. The smallest absolute Gasteiger partial charge is 0.328 e. The standard InChI is InChI=1S/C18H12Cl2N6O5S/c19-14-21-10-26(18(24-14)31-12-6-8-13(9-7-12)32(27,28)29)16-22-15(20)23-17(25-16)30-11-4-2-1-3-5-11/h1-9H,10H2,(H,27,28,29). The highest BCUT2D eigenvalue weighted by Crippen LogP contribution is 2.24. The van der Waals surface area contributed by atoms with E-state index < -0.39 is 10.1 Å². The summed E-state index contributed by atoms with van der Waals surface area (Å²) in [6.45, 7) is -0.0497. The van der Waals surface area contributed by atoms with Crippen molar-refractivity contribution in [2.45, 2.75) is 4.90 Å². The van der Waals surface area contributed by atoms with Gasteiger partial charge in [0.15, 0.2) is 0 Å². The van der Waals surface area contributed by atoms with E-state index >= 15 is 0 Å². The van der Waals surface area contributed by atoms with Crippen molar-refractivity contribution in [2.75, 3.05) is 11.6 Å². The molecule has 0 unspecified atom stereocenters. The lowest BCUT2D eigenvalue weighted by atomic mass is 10.3. The van der Waals surface area contributed by atoms with Crippen LogP contribution in [0.2, 0.25) is 5.28 Å². The maximum Gasteiger partial charge on any atom is 0.328 e. The van der Waals surface area contributed by atoms with Gasteiger partial charge in [0.25, 0.3) is 10.1 Å². The third-order valence-corrected chi connectivity index (χ3v) is 5.10. The summed E-state index contributed by atoms with van der Waals surface area (Å²) in [6.07, 6.45) is 0. The molecule has 0 saturated carbocycles. The van der Waals surface area contributed by atoms with E-state index in [4.69, 9.17) is 37.2 Å². The number of hydrogen-bond acceptors (Lipinski definition) is 10. The average Bonchev–Trinajstić information content (AvgIpc) is 2.74. The molecule has 11 nitrogen and oxygen atoms in total. The van der Waals surface area contributed by atoms with E-state index in [1.807, 2.05) is 6.07 Å². The minimum atomic E-state index is -4.34. The number of aliphatic imine (C=N–C) groups is 2. The van der Waals surface area contributed by atoms with Crippen LogP contribution in [-0.2, 0) is 10.1 Å². The quantitative estimate of drug-likeness (QED) is 0.417. The van der Waals surface area contributed by atoms with Gasteiger partial charge in [-0.15, -0.1) is 0 Å². The van der Waals surface area contributed by atoms with E-state index in [2.05, 4.69) is 24.9 Å². The van der Waals surface area contributed by atoms with Gasteiger partial charge in [-0.3, -0.25) is 4.55 Å². The Morgan fingerprint density at radius 3 is 2.28 bits per heavy atom. The molecule has 0 radical (unpaired) electrons. The summed E-state index contributed by atoms with van der Waals surface area (Å²) in [6, 6.07) is 13.7. The predicted octanol–water partition coefficient (Wildman–Crippen LogP) is 3.37. The molecule has 0 bridgehead atoms. The molecule has 2 aromatic carbocycles. The minimum Gasteiger partial charge on any atom is -0.425 e. The summed E-state index contributed by atoms with van der Waals surface area (Å²) >= 11 is 12.0. The van der Waals surface area contributed by atoms with Gasteiger partial charge in [-0.25, -0.2) is 9.89 Å². The number of benzene rings is 2. The Labute approximate surface area is 191 Å². The van der Waals surface area contributed by atoms with Crippen LogP contribution in [0.3, 0.4) is 0 Å². The molecular formula is C18H12Cl2N6O5S. The topological polar surface area (TPSA) is 139 Å². The molecule has 1 N–H and O–H groups in total. The Morgan fingerprint density at radius 1 is 0.906 bits per heavy atom. The number of halogens is 2. The minimum absolute atomic E-state index is 0.0251. The fourth-order valence-electron chi connectivity index (χ4n) is 2.46. The summed E-state index contributed by atoms with van der Waals surface area (Å²) in [5, 5.41) is -0.217. The summed E-state index contributed by atoms with van der Waals surface area (Å²) in [5.41, 5.74) is 0. The zero-order valence-electron chi connectivity index (χ0n) is 15.8. The van der Waals surface area contributed by atoms with Gasteiger partial charge >= 0.3 is 12.0 Å². The fourth-order valence-corrected chi connectivity index (χ4v) is 3.21. The molecule has 14 heteroatoms. The molecule has 2 heterocycles. The zero-order valence-corrected chi connectivity index (χ0v) is 18.2. The second-order valence-corrected chi connectivity index (χ2v) is 8.14. The van der Waals surface area contributed by atoms with E-state index in [1.165, 1.54) is 29.2 Å². The van der Waals surface area contributed by atoms with Gasteiger partial charge in [0.05, 0.1) is 4.90 Å². The van der Waals surface area contributed by atoms with E-state index in [0.717, 1.165) is 0 Å². The van der Waals surface area contributed by atoms with Crippen LogP contribution in [0.25, 0.3) is 0 Å². The molecule has 0 amide bonds. The third kappa shape index (κ3) is 5.29. The summed E-state index contributed by atoms with van der Waals surface area (Å²) < 4.78 is 42.8. The lowest BCUT2D eigenvalue weighted by Crippen LogP contribution is -2.39. The molecule has 1 aromatic heterocycles. The normalized spacial score (nSPS) is 13.9. The Balaban J connectivity index is 1.61. The molecule has 32 heavy (non-hydrogen) atoms. The first-order chi connectivity index (χ1) is 15.3. The Hall–Kier alpha value is -3.32. The third-order valence-electron chi connectivity index (χ3n) is 3.86. The van der Waals surface area contributed by atoms with Gasteiger partial charge in [-0.2, -0.15) is 28.4 Å². The van der Waals surface area contributed by atoms with Gasteiger partial charge in [0.2, 0.25) is 16.5 Å². The van der Waals surface area contributed by atoms with Crippen molar-refractivity contribution in [3.63, 3.8) is 0 Å². The molecule has 0 atom stereocenters. The number of anilines is 1. The molecule has 164 valence electrons. The number of ether oxygens (including phenoxy) is 2. The van der Waals surface area contributed by atoms with Crippen LogP contribution in [0.1, 0.15) is 0 Å². The van der Waals surface area contributed by atoms with Crippen LogP contribution in [0.15, 0.2) is 69.5 Å². The van der Waals surface area contributed by atoms with E-state index in [9.17, 15) is 8.42 Å². The van der Waals surface area contributed by atoms with E-state index in [-0.39, 0.29) is 45.9 Å². The van der Waals surface area contributed by atoms with Crippen LogP contribution >= 0.6 is 23.2 Å². The lowest BCUT2D eigenvalue weighted by Gasteiger charge is -2.24. The highest BCUT2D eigenvalue weighted by molar-refractivity contribution is 7.85. The molecule has 0 saturated heterocycles. The van der Waals surface area contributed by atoms with Gasteiger partial charge in [-0.05, 0) is 59.6 Å². The number of aromatic nitrogens is 3. The van der Waals surface area contributed by atoms with Crippen LogP contribution in [0.5, 0.6) is 17.5 Å². The Kier molecular flexibility index (Phi) is 6.19. The molecule has 1 aliphatic rings. The SMILES string of the molecule is O=S(=O)(O)c1ccc(OC2=NC(Cl)=NCN2c2nc(Cl)nc(Oc3ccccc3)n2)cc1. The van der Waals surface area contributed by atoms with Crippen molar-refractivity contribution in [3.8, 4) is 17.5 Å². The maximum absolute atomic E-state index is 11.2. The van der Waals surface area contributed by atoms with Crippen molar-refractivity contribution in [1.82, 2.24) is 15.0 Å². The van der Waals surface area contributed by atoms with Gasteiger partial charge in [0, 0.05) is 0 Å². The van der Waals surface area contributed by atoms with E-state index in [0.29, 0.717) is 5.75 Å². The fraction of sp³-hybridized carbons (Fsp3) is 0.0556. The summed E-state index contributed by atoms with van der Waals surface area (Å²) in [5.74, 6) is 0.718. The van der Waals surface area contributed by atoms with E-state index in [1.54, 1.807) is 24.3 Å². The number of nitrogens with zero attached hydrogens (tertiary/aromatic N) is 6. The predicted molar refractivity (Wildman–Crippen MR) is 116 cm³/mol. The van der Waals surface area contributed by atoms with Crippen molar-refractivity contribution < 1.29 is 22.4 Å². The van der Waals surface area contributed by atoms with Crippen LogP contribution < -0.4 is 14.4 Å². The Bertz CT molecular complexity index is 1300. The average molecular weight is 495 g/mol. The second kappa shape index (κ2) is 9.04. The van der Waals surface area contributed by atoms with Crippen LogP contribution in [0, 0.1) is 0 Å². The molecule has 0 aliphatic carbocycles. The zero-order chi connectivity index (χ0) is 22.7. The molecule has 3 aromatic rings. The summed E-state index contributed by atoms with van der Waals surface area (Å²) in [4.78, 5) is 21.4. The monoisotopic (exact) mass is 494 g/mol. The maximum atomic E-state index is 11.2. The van der Waals surface area contributed by atoms with Crippen molar-refractivity contribution in [3.05, 3.63) is 59.9 Å². The molecule has 1 aliphatic heterocycles. The first-order valence-corrected chi connectivity index (χ1v) is 10.9. The van der Waals surface area contributed by atoms with Crippen LogP contribution in [0.4, 0.5) is 5.95 Å². The van der Waals surface area contributed by atoms with Gasteiger partial charge in [-0.1, -0.05) is 18.2 Å². The van der Waals surface area contributed by atoms with Crippen molar-refractivity contribution in [2.24, 2.45) is 9.98 Å². The number of amidine groups is 2.